The summed E-state index contributed by atoms with van der Waals surface area (Å²) in [6, 6.07) is 7.27. The summed E-state index contributed by atoms with van der Waals surface area (Å²) in [5, 5.41) is 0. The van der Waals surface area contributed by atoms with E-state index in [0.717, 1.165) is 5.56 Å². The van der Waals surface area contributed by atoms with Crippen LogP contribution < -0.4 is 15.2 Å². The first-order valence-electron chi connectivity index (χ1n) is 5.47. The normalized spacial score (nSPS) is 10.1. The minimum atomic E-state index is -0.271. The molecule has 5 heteroatoms. The fourth-order valence-electron chi connectivity index (χ4n) is 1.68. The molecule has 0 spiro atoms. The van der Waals surface area contributed by atoms with E-state index in [1.807, 2.05) is 18.2 Å². The summed E-state index contributed by atoms with van der Waals surface area (Å²) >= 11 is 0. The second kappa shape index (κ2) is 5.35. The summed E-state index contributed by atoms with van der Waals surface area (Å²) in [5.74, 6) is 1.31. The minimum Gasteiger partial charge on any atom is -0.493 e. The molecule has 1 heterocycles. The van der Waals surface area contributed by atoms with Crippen LogP contribution in [0, 0.1) is 0 Å². The van der Waals surface area contributed by atoms with Crippen LogP contribution in [0.1, 0.15) is 5.56 Å². The molecule has 18 heavy (non-hydrogen) atoms. The van der Waals surface area contributed by atoms with E-state index in [9.17, 15) is 4.79 Å². The van der Waals surface area contributed by atoms with Crippen LogP contribution in [-0.2, 0) is 6.54 Å². The molecule has 0 unspecified atom stereocenters. The quantitative estimate of drug-likeness (QED) is 0.816. The maximum absolute atomic E-state index is 11.5. The number of rotatable bonds is 4. The Hall–Kier alpha value is -2.30. The second-order valence-corrected chi connectivity index (χ2v) is 3.72. The number of hydrogen-bond donors (Lipinski definition) is 0. The fourth-order valence-corrected chi connectivity index (χ4v) is 1.68. The molecule has 0 amide bonds. The van der Waals surface area contributed by atoms with Gasteiger partial charge in [-0.05, 0) is 23.8 Å². The molecule has 0 saturated carbocycles. The summed E-state index contributed by atoms with van der Waals surface area (Å²) in [6.45, 7) is 0.451. The van der Waals surface area contributed by atoms with E-state index in [1.54, 1.807) is 26.5 Å². The lowest BCUT2D eigenvalue weighted by Gasteiger charge is -2.10. The van der Waals surface area contributed by atoms with Gasteiger partial charge in [0.1, 0.15) is 0 Å². The predicted molar refractivity (Wildman–Crippen MR) is 67.1 cm³/mol. The van der Waals surface area contributed by atoms with Crippen LogP contribution in [-0.4, -0.2) is 23.8 Å². The number of methoxy groups -OCH3 is 2. The highest BCUT2D eigenvalue weighted by Gasteiger charge is 2.05. The maximum atomic E-state index is 11.5. The van der Waals surface area contributed by atoms with E-state index in [4.69, 9.17) is 9.47 Å². The van der Waals surface area contributed by atoms with Gasteiger partial charge in [0.05, 0.1) is 20.8 Å². The number of hydrogen-bond acceptors (Lipinski definition) is 4. The van der Waals surface area contributed by atoms with Crippen molar-refractivity contribution in [2.75, 3.05) is 14.2 Å². The molecule has 0 aliphatic rings. The van der Waals surface area contributed by atoms with Gasteiger partial charge in [0, 0.05) is 12.4 Å². The molecule has 0 saturated heterocycles. The lowest BCUT2D eigenvalue weighted by molar-refractivity contribution is 0.354. The largest absolute Gasteiger partial charge is 0.493 e. The van der Waals surface area contributed by atoms with Crippen LogP contribution >= 0.6 is 0 Å². The number of aromatic nitrogens is 2. The smallest absolute Gasteiger partial charge is 0.347 e. The number of benzene rings is 1. The number of nitrogens with zero attached hydrogens (tertiary/aromatic N) is 2. The SMILES string of the molecule is COc1ccc(Cn2cccnc2=O)cc1OC. The Morgan fingerprint density at radius 1 is 1.22 bits per heavy atom. The summed E-state index contributed by atoms with van der Waals surface area (Å²) in [5.41, 5.74) is 0.676. The first-order valence-corrected chi connectivity index (χ1v) is 5.47. The second-order valence-electron chi connectivity index (χ2n) is 3.72. The molecule has 2 rings (SSSR count). The Labute approximate surface area is 105 Å². The molecule has 0 fully saturated rings. The van der Waals surface area contributed by atoms with Crippen molar-refractivity contribution in [1.29, 1.82) is 0 Å². The summed E-state index contributed by atoms with van der Waals surface area (Å²) in [6.07, 6.45) is 3.18. The molecule has 5 nitrogen and oxygen atoms in total. The fraction of sp³-hybridized carbons (Fsp3) is 0.231. The van der Waals surface area contributed by atoms with Crippen molar-refractivity contribution in [2.24, 2.45) is 0 Å². The lowest BCUT2D eigenvalue weighted by Crippen LogP contribution is -2.21. The van der Waals surface area contributed by atoms with Gasteiger partial charge in [0.25, 0.3) is 0 Å². The van der Waals surface area contributed by atoms with E-state index in [-0.39, 0.29) is 5.69 Å². The van der Waals surface area contributed by atoms with Gasteiger partial charge in [0.2, 0.25) is 0 Å². The zero-order valence-electron chi connectivity index (χ0n) is 10.3. The average Bonchev–Trinajstić information content (AvgIpc) is 2.41. The first kappa shape index (κ1) is 12.2. The Balaban J connectivity index is 2.30. The first-order chi connectivity index (χ1) is 8.74. The van der Waals surface area contributed by atoms with Crippen LogP contribution in [0.2, 0.25) is 0 Å². The van der Waals surface area contributed by atoms with Crippen molar-refractivity contribution in [3.8, 4) is 11.5 Å². The van der Waals surface area contributed by atoms with Crippen LogP contribution in [0.25, 0.3) is 0 Å². The van der Waals surface area contributed by atoms with E-state index in [2.05, 4.69) is 4.98 Å². The molecule has 1 aromatic carbocycles. The highest BCUT2D eigenvalue weighted by molar-refractivity contribution is 5.42. The Morgan fingerprint density at radius 3 is 2.67 bits per heavy atom. The van der Waals surface area contributed by atoms with Crippen LogP contribution in [0.3, 0.4) is 0 Å². The molecule has 0 aliphatic carbocycles. The zero-order valence-corrected chi connectivity index (χ0v) is 10.3. The predicted octanol–water partition coefficient (Wildman–Crippen LogP) is 1.31. The van der Waals surface area contributed by atoms with Crippen molar-refractivity contribution in [3.63, 3.8) is 0 Å². The van der Waals surface area contributed by atoms with Gasteiger partial charge in [-0.2, -0.15) is 0 Å². The van der Waals surface area contributed by atoms with Crippen LogP contribution in [0.5, 0.6) is 11.5 Å². The van der Waals surface area contributed by atoms with Gasteiger partial charge in [-0.15, -0.1) is 0 Å². The molecular formula is C13H14N2O3. The van der Waals surface area contributed by atoms with Gasteiger partial charge in [-0.1, -0.05) is 6.07 Å². The van der Waals surface area contributed by atoms with Gasteiger partial charge >= 0.3 is 5.69 Å². The van der Waals surface area contributed by atoms with Crippen LogP contribution in [0.15, 0.2) is 41.5 Å². The molecule has 1 aromatic heterocycles. The molecular weight excluding hydrogens is 232 g/mol. The molecule has 2 aromatic rings. The summed E-state index contributed by atoms with van der Waals surface area (Å²) in [4.78, 5) is 15.2. The molecule has 94 valence electrons. The highest BCUT2D eigenvalue weighted by Crippen LogP contribution is 2.27. The minimum absolute atomic E-state index is 0.271. The standard InChI is InChI=1S/C13H14N2O3/c1-17-11-5-4-10(8-12(11)18-2)9-15-7-3-6-14-13(15)16/h3-8H,9H2,1-2H3. The molecule has 0 aliphatic heterocycles. The highest BCUT2D eigenvalue weighted by atomic mass is 16.5. The third-order valence-electron chi connectivity index (χ3n) is 2.58. The summed E-state index contributed by atoms with van der Waals surface area (Å²) < 4.78 is 11.9. The molecule has 0 radical (unpaired) electrons. The van der Waals surface area contributed by atoms with E-state index < -0.39 is 0 Å². The van der Waals surface area contributed by atoms with Crippen molar-refractivity contribution in [2.45, 2.75) is 6.54 Å². The molecule has 0 N–H and O–H groups in total. The molecule has 0 atom stereocenters. The van der Waals surface area contributed by atoms with Crippen molar-refractivity contribution >= 4 is 0 Å². The van der Waals surface area contributed by atoms with Gasteiger partial charge in [0.15, 0.2) is 11.5 Å². The number of ether oxygens (including phenoxy) is 2. The Bertz CT molecular complexity index is 593. The van der Waals surface area contributed by atoms with Gasteiger partial charge in [-0.3, -0.25) is 4.57 Å². The van der Waals surface area contributed by atoms with Crippen LogP contribution in [0.4, 0.5) is 0 Å². The van der Waals surface area contributed by atoms with E-state index in [1.165, 1.54) is 10.8 Å². The van der Waals surface area contributed by atoms with Crippen molar-refractivity contribution < 1.29 is 9.47 Å². The topological polar surface area (TPSA) is 53.4 Å². The van der Waals surface area contributed by atoms with Gasteiger partial charge < -0.3 is 9.47 Å². The van der Waals surface area contributed by atoms with Gasteiger partial charge in [-0.25, -0.2) is 9.78 Å². The molecule has 0 bridgehead atoms. The summed E-state index contributed by atoms with van der Waals surface area (Å²) in [7, 11) is 3.17. The third kappa shape index (κ3) is 2.51. The third-order valence-corrected chi connectivity index (χ3v) is 2.58. The van der Waals surface area contributed by atoms with Crippen molar-refractivity contribution in [1.82, 2.24) is 9.55 Å². The average molecular weight is 246 g/mol. The maximum Gasteiger partial charge on any atom is 0.347 e. The zero-order chi connectivity index (χ0) is 13.0. The Morgan fingerprint density at radius 2 is 2.00 bits per heavy atom. The van der Waals surface area contributed by atoms with E-state index in [0.29, 0.717) is 18.0 Å². The lowest BCUT2D eigenvalue weighted by atomic mass is 10.2. The van der Waals surface area contributed by atoms with E-state index >= 15 is 0 Å². The monoisotopic (exact) mass is 246 g/mol. The Kier molecular flexibility index (Phi) is 3.62. The van der Waals surface area contributed by atoms with Crippen molar-refractivity contribution in [3.05, 3.63) is 52.7 Å².